The van der Waals surface area contributed by atoms with Crippen LogP contribution < -0.4 is 15.0 Å². The van der Waals surface area contributed by atoms with Crippen LogP contribution >= 0.6 is 0 Å². The molecule has 0 spiro atoms. The van der Waals surface area contributed by atoms with Gasteiger partial charge in [0.2, 0.25) is 0 Å². The maximum absolute atomic E-state index is 13.7. The molecule has 1 aliphatic heterocycles. The van der Waals surface area contributed by atoms with E-state index >= 15 is 0 Å². The molecule has 0 aromatic heterocycles. The predicted molar refractivity (Wildman–Crippen MR) is 101 cm³/mol. The van der Waals surface area contributed by atoms with Crippen LogP contribution in [0.3, 0.4) is 0 Å². The molecular formula is C20H22F3N3O2. The molecule has 28 heavy (non-hydrogen) atoms. The molecule has 0 atom stereocenters. The van der Waals surface area contributed by atoms with Crippen molar-refractivity contribution in [3.63, 3.8) is 0 Å². The second-order valence-corrected chi connectivity index (χ2v) is 6.79. The summed E-state index contributed by atoms with van der Waals surface area (Å²) in [7, 11) is 0. The van der Waals surface area contributed by atoms with Gasteiger partial charge in [-0.3, -0.25) is 0 Å². The molecule has 1 heterocycles. The first-order valence-electron chi connectivity index (χ1n) is 9.06. The molecule has 150 valence electrons. The van der Waals surface area contributed by atoms with E-state index in [4.69, 9.17) is 4.74 Å². The van der Waals surface area contributed by atoms with Crippen LogP contribution in [0.2, 0.25) is 0 Å². The van der Waals surface area contributed by atoms with Crippen molar-refractivity contribution in [1.82, 2.24) is 4.90 Å². The fraction of sp³-hybridized carbons (Fsp3) is 0.350. The number of carbonyl (C=O) groups excluding carboxylic acids is 1. The van der Waals surface area contributed by atoms with Gasteiger partial charge in [0.1, 0.15) is 5.75 Å². The monoisotopic (exact) mass is 393 g/mol. The van der Waals surface area contributed by atoms with Gasteiger partial charge in [0.05, 0.1) is 11.8 Å². The topological polar surface area (TPSA) is 44.8 Å². The van der Waals surface area contributed by atoms with E-state index < -0.39 is 23.5 Å². The number of nitrogens with zero attached hydrogens (tertiary/aromatic N) is 2. The number of piperazine rings is 1. The zero-order valence-electron chi connectivity index (χ0n) is 15.7. The highest BCUT2D eigenvalue weighted by Gasteiger charge is 2.23. The first kappa shape index (κ1) is 19.9. The Balaban J connectivity index is 1.56. The SMILES string of the molecule is CC(C)Oc1ccc(N2CCN(C(=O)Nc3ccc(F)c(F)c3F)CC2)cc1. The predicted octanol–water partition coefficient (Wildman–Crippen LogP) is 4.25. The first-order valence-corrected chi connectivity index (χ1v) is 9.06. The zero-order chi connectivity index (χ0) is 20.3. The highest BCUT2D eigenvalue weighted by molar-refractivity contribution is 5.89. The summed E-state index contributed by atoms with van der Waals surface area (Å²) in [5, 5.41) is 2.30. The van der Waals surface area contributed by atoms with Crippen LogP contribution in [0.25, 0.3) is 0 Å². The van der Waals surface area contributed by atoms with Crippen LogP contribution in [-0.4, -0.2) is 43.2 Å². The van der Waals surface area contributed by atoms with E-state index in [0.717, 1.165) is 23.6 Å². The van der Waals surface area contributed by atoms with Crippen LogP contribution in [0.1, 0.15) is 13.8 Å². The standard InChI is InChI=1S/C20H22F3N3O2/c1-13(2)28-15-5-3-14(4-6-15)25-9-11-26(12-10-25)20(27)24-17-8-7-16(21)18(22)19(17)23/h3-8,13H,9-12H2,1-2H3,(H,24,27). The number of anilines is 2. The summed E-state index contributed by atoms with van der Waals surface area (Å²) in [6.07, 6.45) is 0.104. The number of carbonyl (C=O) groups is 1. The molecule has 1 saturated heterocycles. The number of hydrogen-bond donors (Lipinski definition) is 1. The minimum Gasteiger partial charge on any atom is -0.491 e. The highest BCUT2D eigenvalue weighted by Crippen LogP contribution is 2.23. The molecule has 0 radical (unpaired) electrons. The first-order chi connectivity index (χ1) is 13.3. The molecule has 1 fully saturated rings. The van der Waals surface area contributed by atoms with Gasteiger partial charge in [0, 0.05) is 31.9 Å². The molecule has 1 aliphatic rings. The lowest BCUT2D eigenvalue weighted by atomic mass is 10.2. The van der Waals surface area contributed by atoms with Crippen molar-refractivity contribution in [3.05, 3.63) is 53.8 Å². The van der Waals surface area contributed by atoms with Crippen molar-refractivity contribution in [2.45, 2.75) is 20.0 Å². The van der Waals surface area contributed by atoms with Gasteiger partial charge in [-0.1, -0.05) is 0 Å². The zero-order valence-corrected chi connectivity index (χ0v) is 15.7. The number of urea groups is 1. The van der Waals surface area contributed by atoms with Crippen LogP contribution in [0.15, 0.2) is 36.4 Å². The van der Waals surface area contributed by atoms with Crippen LogP contribution in [-0.2, 0) is 0 Å². The molecule has 1 N–H and O–H groups in total. The molecule has 8 heteroatoms. The molecule has 2 aromatic rings. The maximum Gasteiger partial charge on any atom is 0.322 e. The molecule has 3 rings (SSSR count). The lowest BCUT2D eigenvalue weighted by molar-refractivity contribution is 0.208. The quantitative estimate of drug-likeness (QED) is 0.790. The summed E-state index contributed by atoms with van der Waals surface area (Å²) in [6, 6.07) is 8.96. The molecular weight excluding hydrogens is 371 g/mol. The summed E-state index contributed by atoms with van der Waals surface area (Å²) < 4.78 is 45.6. The largest absolute Gasteiger partial charge is 0.491 e. The Morgan fingerprint density at radius 2 is 1.61 bits per heavy atom. The van der Waals surface area contributed by atoms with Gasteiger partial charge in [-0.15, -0.1) is 0 Å². The number of halogens is 3. The molecule has 5 nitrogen and oxygen atoms in total. The summed E-state index contributed by atoms with van der Waals surface area (Å²) in [6.45, 7) is 5.95. The number of hydrogen-bond acceptors (Lipinski definition) is 3. The van der Waals surface area contributed by atoms with Crippen molar-refractivity contribution in [2.75, 3.05) is 36.4 Å². The third kappa shape index (κ3) is 4.49. The number of amides is 2. The smallest absolute Gasteiger partial charge is 0.322 e. The summed E-state index contributed by atoms with van der Waals surface area (Å²) in [5.41, 5.74) is 0.634. The van der Waals surface area contributed by atoms with Crippen molar-refractivity contribution in [3.8, 4) is 5.75 Å². The normalized spacial score (nSPS) is 14.4. The molecule has 0 unspecified atom stereocenters. The Morgan fingerprint density at radius 1 is 0.964 bits per heavy atom. The van der Waals surface area contributed by atoms with Crippen LogP contribution in [0.4, 0.5) is 29.3 Å². The third-order valence-electron chi connectivity index (χ3n) is 4.42. The molecule has 0 aliphatic carbocycles. The average molecular weight is 393 g/mol. The van der Waals surface area contributed by atoms with E-state index in [2.05, 4.69) is 10.2 Å². The van der Waals surface area contributed by atoms with E-state index in [9.17, 15) is 18.0 Å². The Labute approximate surface area is 161 Å². The Morgan fingerprint density at radius 3 is 2.21 bits per heavy atom. The highest BCUT2D eigenvalue weighted by atomic mass is 19.2. The fourth-order valence-corrected chi connectivity index (χ4v) is 2.99. The fourth-order valence-electron chi connectivity index (χ4n) is 2.99. The Bertz CT molecular complexity index is 835. The summed E-state index contributed by atoms with van der Waals surface area (Å²) >= 11 is 0. The van der Waals surface area contributed by atoms with Gasteiger partial charge in [-0.2, -0.15) is 0 Å². The Hall–Kier alpha value is -2.90. The van der Waals surface area contributed by atoms with E-state index in [1.165, 1.54) is 4.90 Å². The summed E-state index contributed by atoms with van der Waals surface area (Å²) in [4.78, 5) is 15.9. The van der Waals surface area contributed by atoms with Gasteiger partial charge in [0.15, 0.2) is 17.5 Å². The van der Waals surface area contributed by atoms with E-state index in [1.54, 1.807) is 0 Å². The maximum atomic E-state index is 13.7. The van der Waals surface area contributed by atoms with Gasteiger partial charge < -0.3 is 19.9 Å². The van der Waals surface area contributed by atoms with E-state index in [1.807, 2.05) is 38.1 Å². The van der Waals surface area contributed by atoms with Crippen molar-refractivity contribution in [1.29, 1.82) is 0 Å². The van der Waals surface area contributed by atoms with Crippen molar-refractivity contribution in [2.24, 2.45) is 0 Å². The number of benzene rings is 2. The third-order valence-corrected chi connectivity index (χ3v) is 4.42. The average Bonchev–Trinajstić information content (AvgIpc) is 2.68. The lowest BCUT2D eigenvalue weighted by Gasteiger charge is -2.36. The van der Waals surface area contributed by atoms with Gasteiger partial charge in [0.25, 0.3) is 0 Å². The van der Waals surface area contributed by atoms with Gasteiger partial charge >= 0.3 is 6.03 Å². The van der Waals surface area contributed by atoms with Crippen LogP contribution in [0.5, 0.6) is 5.75 Å². The molecule has 2 aromatic carbocycles. The minimum absolute atomic E-state index is 0.104. The van der Waals surface area contributed by atoms with Crippen molar-refractivity contribution < 1.29 is 22.7 Å². The molecule has 0 bridgehead atoms. The molecule has 0 saturated carbocycles. The van der Waals surface area contributed by atoms with Crippen LogP contribution in [0, 0.1) is 17.5 Å². The second kappa shape index (κ2) is 8.41. The Kier molecular flexibility index (Phi) is 5.96. The van der Waals surface area contributed by atoms with E-state index in [-0.39, 0.29) is 11.8 Å². The molecule has 2 amide bonds. The van der Waals surface area contributed by atoms with Gasteiger partial charge in [-0.25, -0.2) is 18.0 Å². The van der Waals surface area contributed by atoms with Gasteiger partial charge in [-0.05, 0) is 50.2 Å². The van der Waals surface area contributed by atoms with E-state index in [0.29, 0.717) is 26.2 Å². The lowest BCUT2D eigenvalue weighted by Crippen LogP contribution is -2.50. The second-order valence-electron chi connectivity index (χ2n) is 6.79. The van der Waals surface area contributed by atoms with Crippen molar-refractivity contribution >= 4 is 17.4 Å². The number of ether oxygens (including phenoxy) is 1. The number of rotatable bonds is 4. The minimum atomic E-state index is -1.60. The number of nitrogens with one attached hydrogen (secondary N) is 1. The summed E-state index contributed by atoms with van der Waals surface area (Å²) in [5.74, 6) is -3.51.